The van der Waals surface area contributed by atoms with Gasteiger partial charge in [0.05, 0.1) is 17.9 Å². The highest BCUT2D eigenvalue weighted by atomic mass is 19.1. The number of nitrogens with one attached hydrogen (secondary N) is 1. The third-order valence-electron chi connectivity index (χ3n) is 4.19. The first-order chi connectivity index (χ1) is 12.7. The average Bonchev–Trinajstić information content (AvgIpc) is 3.03. The van der Waals surface area contributed by atoms with Gasteiger partial charge in [-0.05, 0) is 31.2 Å². The number of carbonyl (C=O) groups excluding carboxylic acids is 2. The normalized spacial score (nSPS) is 11.3. The molecule has 0 aliphatic heterocycles. The minimum absolute atomic E-state index is 0.0252. The zero-order chi connectivity index (χ0) is 20.2. The van der Waals surface area contributed by atoms with Gasteiger partial charge in [0.1, 0.15) is 11.6 Å². The van der Waals surface area contributed by atoms with Crippen molar-refractivity contribution >= 4 is 17.6 Å². The van der Waals surface area contributed by atoms with Gasteiger partial charge in [-0.3, -0.25) is 9.59 Å². The fraction of sp³-hybridized carbons (Fsp3) is 0.450. The van der Waals surface area contributed by atoms with Gasteiger partial charge in [0.15, 0.2) is 0 Å². The molecule has 0 saturated heterocycles. The van der Waals surface area contributed by atoms with Crippen LogP contribution in [0.1, 0.15) is 46.7 Å². The van der Waals surface area contributed by atoms with Gasteiger partial charge < -0.3 is 10.2 Å². The summed E-state index contributed by atoms with van der Waals surface area (Å²) in [6, 6.07) is 7.70. The Kier molecular flexibility index (Phi) is 6.36. The number of nitrogens with zero attached hydrogens (tertiary/aromatic N) is 3. The molecule has 0 unspecified atom stereocenters. The summed E-state index contributed by atoms with van der Waals surface area (Å²) >= 11 is 0. The number of halogens is 1. The molecule has 1 N–H and O–H groups in total. The van der Waals surface area contributed by atoms with Crippen molar-refractivity contribution < 1.29 is 14.0 Å². The highest BCUT2D eigenvalue weighted by Gasteiger charge is 2.22. The molecule has 0 atom stereocenters. The highest BCUT2D eigenvalue weighted by molar-refractivity contribution is 5.94. The molecule has 2 amide bonds. The molecule has 0 fully saturated rings. The van der Waals surface area contributed by atoms with Crippen LogP contribution in [0.25, 0.3) is 5.69 Å². The van der Waals surface area contributed by atoms with E-state index in [0.717, 1.165) is 5.69 Å². The van der Waals surface area contributed by atoms with E-state index in [1.54, 1.807) is 29.8 Å². The third kappa shape index (κ3) is 5.15. The smallest absolute Gasteiger partial charge is 0.245 e. The van der Waals surface area contributed by atoms with Crippen LogP contribution in [-0.2, 0) is 15.0 Å². The van der Waals surface area contributed by atoms with Crippen molar-refractivity contribution in [2.45, 2.75) is 46.5 Å². The van der Waals surface area contributed by atoms with Crippen LogP contribution >= 0.6 is 0 Å². The number of likely N-dealkylation sites (N-methyl/N-ethyl adjacent to an activating group) is 1. The topological polar surface area (TPSA) is 67.2 Å². The van der Waals surface area contributed by atoms with Crippen LogP contribution in [0.5, 0.6) is 0 Å². The summed E-state index contributed by atoms with van der Waals surface area (Å²) in [5.41, 5.74) is 1.21. The summed E-state index contributed by atoms with van der Waals surface area (Å²) in [4.78, 5) is 25.9. The van der Waals surface area contributed by atoms with E-state index in [2.05, 4.69) is 10.4 Å². The first kappa shape index (κ1) is 20.6. The maximum absolute atomic E-state index is 13.3. The van der Waals surface area contributed by atoms with Gasteiger partial charge in [0, 0.05) is 24.4 Å². The number of rotatable bonds is 6. The van der Waals surface area contributed by atoms with Gasteiger partial charge in [-0.2, -0.15) is 5.10 Å². The van der Waals surface area contributed by atoms with Crippen LogP contribution in [0.15, 0.2) is 30.3 Å². The van der Waals surface area contributed by atoms with Crippen LogP contribution in [0.4, 0.5) is 10.2 Å². The van der Waals surface area contributed by atoms with Gasteiger partial charge >= 0.3 is 0 Å². The lowest BCUT2D eigenvalue weighted by molar-refractivity contribution is -0.134. The summed E-state index contributed by atoms with van der Waals surface area (Å²) in [5.74, 6) is -0.238. The van der Waals surface area contributed by atoms with Gasteiger partial charge in [0.2, 0.25) is 11.8 Å². The van der Waals surface area contributed by atoms with E-state index < -0.39 is 0 Å². The summed E-state index contributed by atoms with van der Waals surface area (Å²) < 4.78 is 14.8. The lowest BCUT2D eigenvalue weighted by Crippen LogP contribution is -2.37. The molecule has 1 aromatic carbocycles. The molecule has 1 aromatic heterocycles. The molecule has 0 bridgehead atoms. The van der Waals surface area contributed by atoms with E-state index in [9.17, 15) is 14.0 Å². The maximum Gasteiger partial charge on any atom is 0.245 e. The van der Waals surface area contributed by atoms with Gasteiger partial charge in [-0.25, -0.2) is 9.07 Å². The predicted octanol–water partition coefficient (Wildman–Crippen LogP) is 3.51. The van der Waals surface area contributed by atoms with E-state index in [1.807, 2.05) is 27.7 Å². The van der Waals surface area contributed by atoms with Crippen LogP contribution < -0.4 is 5.32 Å². The van der Waals surface area contributed by atoms with E-state index in [1.165, 1.54) is 17.0 Å². The minimum atomic E-state index is -0.343. The molecule has 0 aliphatic carbocycles. The molecule has 7 heteroatoms. The first-order valence-corrected chi connectivity index (χ1v) is 9.09. The van der Waals surface area contributed by atoms with Gasteiger partial charge in [0.25, 0.3) is 0 Å². The number of aromatic nitrogens is 2. The second kappa shape index (κ2) is 8.33. The molecule has 1 heterocycles. The average molecular weight is 374 g/mol. The zero-order valence-corrected chi connectivity index (χ0v) is 16.5. The monoisotopic (exact) mass is 374 g/mol. The molecular formula is C20H27FN4O2. The largest absolute Gasteiger partial charge is 0.334 e. The van der Waals surface area contributed by atoms with Crippen molar-refractivity contribution in [1.29, 1.82) is 0 Å². The number of hydrogen-bond acceptors (Lipinski definition) is 3. The Morgan fingerprint density at radius 2 is 1.81 bits per heavy atom. The molecule has 0 spiro atoms. The third-order valence-corrected chi connectivity index (χ3v) is 4.19. The molecule has 27 heavy (non-hydrogen) atoms. The lowest BCUT2D eigenvalue weighted by Gasteiger charge is -2.19. The minimum Gasteiger partial charge on any atom is -0.334 e. The Morgan fingerprint density at radius 3 is 2.33 bits per heavy atom. The Balaban J connectivity index is 2.31. The summed E-state index contributed by atoms with van der Waals surface area (Å²) in [6.45, 7) is 10.1. The lowest BCUT2D eigenvalue weighted by atomic mass is 9.92. The fourth-order valence-corrected chi connectivity index (χ4v) is 2.57. The fourth-order valence-electron chi connectivity index (χ4n) is 2.57. The second-order valence-corrected chi connectivity index (χ2v) is 7.36. The molecule has 6 nitrogen and oxygen atoms in total. The molecule has 0 aliphatic rings. The quantitative estimate of drug-likeness (QED) is 0.841. The van der Waals surface area contributed by atoms with E-state index in [0.29, 0.717) is 24.5 Å². The first-order valence-electron chi connectivity index (χ1n) is 9.09. The number of hydrogen-bond donors (Lipinski definition) is 1. The highest BCUT2D eigenvalue weighted by Crippen LogP contribution is 2.26. The van der Waals surface area contributed by atoms with Crippen molar-refractivity contribution in [3.8, 4) is 5.69 Å². The molecular weight excluding hydrogens is 347 g/mol. The second-order valence-electron chi connectivity index (χ2n) is 7.36. The van der Waals surface area contributed by atoms with E-state index >= 15 is 0 Å². The predicted molar refractivity (Wildman–Crippen MR) is 103 cm³/mol. The molecule has 0 radical (unpaired) electrons. The Labute approximate surface area is 159 Å². The van der Waals surface area contributed by atoms with E-state index in [4.69, 9.17) is 0 Å². The molecule has 146 valence electrons. The van der Waals surface area contributed by atoms with Crippen LogP contribution in [0.2, 0.25) is 0 Å². The molecule has 0 saturated carbocycles. The van der Waals surface area contributed by atoms with Gasteiger partial charge in [-0.1, -0.05) is 27.7 Å². The summed E-state index contributed by atoms with van der Waals surface area (Å²) in [7, 11) is 0. The van der Waals surface area contributed by atoms with Crippen molar-refractivity contribution in [2.24, 2.45) is 0 Å². The van der Waals surface area contributed by atoms with E-state index in [-0.39, 0.29) is 29.6 Å². The van der Waals surface area contributed by atoms with Crippen molar-refractivity contribution in [1.82, 2.24) is 14.7 Å². The zero-order valence-electron chi connectivity index (χ0n) is 16.5. The Morgan fingerprint density at radius 1 is 1.19 bits per heavy atom. The van der Waals surface area contributed by atoms with Crippen molar-refractivity contribution in [3.05, 3.63) is 41.8 Å². The summed E-state index contributed by atoms with van der Waals surface area (Å²) in [5, 5.41) is 7.42. The molecule has 2 rings (SSSR count). The van der Waals surface area contributed by atoms with Crippen LogP contribution in [0, 0.1) is 5.82 Å². The van der Waals surface area contributed by atoms with Crippen molar-refractivity contribution in [3.63, 3.8) is 0 Å². The standard InChI is InChI=1S/C20H27FN4O2/c1-6-19(27)24(7-2)13-18(26)22-17-12-16(20(3,4)5)23-25(17)15-10-8-14(21)9-11-15/h8-12H,6-7,13H2,1-5H3,(H,22,26). The SMILES string of the molecule is CCC(=O)N(CC)CC(=O)Nc1cc(C(C)(C)C)nn1-c1ccc(F)cc1. The summed E-state index contributed by atoms with van der Waals surface area (Å²) in [6.07, 6.45) is 0.350. The number of benzene rings is 1. The number of amides is 2. The van der Waals surface area contributed by atoms with Gasteiger partial charge in [-0.15, -0.1) is 0 Å². The Bertz CT molecular complexity index is 806. The Hall–Kier alpha value is -2.70. The number of anilines is 1. The van der Waals surface area contributed by atoms with Crippen LogP contribution in [-0.4, -0.2) is 39.6 Å². The van der Waals surface area contributed by atoms with Crippen LogP contribution in [0.3, 0.4) is 0 Å². The van der Waals surface area contributed by atoms with Crippen molar-refractivity contribution in [2.75, 3.05) is 18.4 Å². The number of carbonyl (C=O) groups is 2. The molecule has 2 aromatic rings. The maximum atomic E-state index is 13.3.